The van der Waals surface area contributed by atoms with E-state index in [2.05, 4.69) is 20.3 Å². The summed E-state index contributed by atoms with van der Waals surface area (Å²) in [5.74, 6) is 6.28. The van der Waals surface area contributed by atoms with Gasteiger partial charge in [-0.2, -0.15) is 0 Å². The van der Waals surface area contributed by atoms with Crippen LogP contribution in [-0.4, -0.2) is 32.9 Å². The van der Waals surface area contributed by atoms with Crippen molar-refractivity contribution in [2.45, 2.75) is 30.3 Å². The Hall–Kier alpha value is -2.43. The number of nitrogen functional groups attached to an aromatic ring is 1. The molecule has 7 nitrogen and oxygen atoms in total. The molecule has 3 rings (SSSR count). The minimum atomic E-state index is -4.75. The van der Waals surface area contributed by atoms with Gasteiger partial charge in [-0.15, -0.1) is 23.4 Å². The number of nitrogens with zero attached hydrogens (tertiary/aromatic N) is 3. The fourth-order valence-electron chi connectivity index (χ4n) is 2.07. The van der Waals surface area contributed by atoms with Crippen LogP contribution in [0.2, 0.25) is 0 Å². The normalized spacial score (nSPS) is 14.4. The monoisotopic (exact) mass is 373 g/mol. The summed E-state index contributed by atoms with van der Waals surface area (Å²) in [5.41, 5.74) is 0.355. The second-order valence-electron chi connectivity index (χ2n) is 5.39. The Kier molecular flexibility index (Phi) is 4.75. The molecule has 0 saturated heterocycles. The maximum Gasteiger partial charge on any atom is 0.573 e. The number of aromatic nitrogens is 3. The number of halogens is 3. The zero-order valence-electron chi connectivity index (χ0n) is 12.8. The van der Waals surface area contributed by atoms with Crippen molar-refractivity contribution in [2.24, 2.45) is 0 Å². The van der Waals surface area contributed by atoms with E-state index in [9.17, 15) is 18.0 Å². The zero-order chi connectivity index (χ0) is 18.0. The molecule has 3 N–H and O–H groups in total. The number of anilines is 1. The number of hydrogen-bond acceptors (Lipinski definition) is 6. The van der Waals surface area contributed by atoms with Crippen molar-refractivity contribution in [2.75, 3.05) is 16.9 Å². The number of ether oxygens (including phenoxy) is 1. The van der Waals surface area contributed by atoms with Gasteiger partial charge in [-0.1, -0.05) is 11.8 Å². The van der Waals surface area contributed by atoms with Gasteiger partial charge in [-0.05, 0) is 37.1 Å². The topological polar surface area (TPSA) is 95.1 Å². The quantitative estimate of drug-likeness (QED) is 0.597. The van der Waals surface area contributed by atoms with E-state index in [-0.39, 0.29) is 17.4 Å². The first-order valence-corrected chi connectivity index (χ1v) is 8.29. The number of carbonyl (C=O) groups is 1. The molecule has 2 aromatic rings. The summed E-state index contributed by atoms with van der Waals surface area (Å²) >= 11 is 1.13. The molecule has 1 aliphatic carbocycles. The van der Waals surface area contributed by atoms with E-state index in [0.29, 0.717) is 22.6 Å². The molecule has 1 amide bonds. The molecule has 25 heavy (non-hydrogen) atoms. The zero-order valence-corrected chi connectivity index (χ0v) is 13.6. The Morgan fingerprint density at radius 2 is 2.00 bits per heavy atom. The molecule has 0 spiro atoms. The van der Waals surface area contributed by atoms with E-state index < -0.39 is 6.36 Å². The average Bonchev–Trinajstić information content (AvgIpc) is 3.30. The summed E-state index contributed by atoms with van der Waals surface area (Å²) in [4.78, 5) is 11.9. The van der Waals surface area contributed by atoms with Gasteiger partial charge < -0.3 is 15.9 Å². The lowest BCUT2D eigenvalue weighted by atomic mass is 10.3. The number of amides is 1. The first-order valence-electron chi connectivity index (χ1n) is 7.30. The highest BCUT2D eigenvalue weighted by Crippen LogP contribution is 2.39. The molecule has 0 radical (unpaired) electrons. The highest BCUT2D eigenvalue weighted by Gasteiger charge is 2.31. The Balaban J connectivity index is 1.50. The Bertz CT molecular complexity index is 759. The van der Waals surface area contributed by atoms with Crippen LogP contribution in [0, 0.1) is 0 Å². The van der Waals surface area contributed by atoms with E-state index in [0.717, 1.165) is 36.7 Å². The number of carbonyl (C=O) groups excluding carboxylic acids is 1. The summed E-state index contributed by atoms with van der Waals surface area (Å²) in [5, 5.41) is 11.0. The highest BCUT2D eigenvalue weighted by atomic mass is 32.2. The number of hydrogen-bond donors (Lipinski definition) is 2. The van der Waals surface area contributed by atoms with Gasteiger partial charge in [0.25, 0.3) is 0 Å². The van der Waals surface area contributed by atoms with Crippen molar-refractivity contribution in [3.05, 3.63) is 30.1 Å². The van der Waals surface area contributed by atoms with Gasteiger partial charge >= 0.3 is 6.36 Å². The van der Waals surface area contributed by atoms with E-state index >= 15 is 0 Å². The van der Waals surface area contributed by atoms with Crippen LogP contribution in [0.4, 0.5) is 18.9 Å². The molecule has 0 atom stereocenters. The molecule has 11 heteroatoms. The predicted molar refractivity (Wildman–Crippen MR) is 84.6 cm³/mol. The largest absolute Gasteiger partial charge is 0.573 e. The van der Waals surface area contributed by atoms with Gasteiger partial charge in [0, 0.05) is 11.6 Å². The van der Waals surface area contributed by atoms with Crippen LogP contribution in [0.15, 0.2) is 29.4 Å². The maximum atomic E-state index is 12.1. The van der Waals surface area contributed by atoms with Crippen LogP contribution in [-0.2, 0) is 4.79 Å². The van der Waals surface area contributed by atoms with Crippen LogP contribution in [0.5, 0.6) is 5.75 Å². The molecule has 134 valence electrons. The fourth-order valence-corrected chi connectivity index (χ4v) is 2.74. The average molecular weight is 373 g/mol. The summed E-state index contributed by atoms with van der Waals surface area (Å²) in [6.07, 6.45) is -2.68. The highest BCUT2D eigenvalue weighted by molar-refractivity contribution is 7.99. The van der Waals surface area contributed by atoms with Gasteiger partial charge in [0.05, 0.1) is 5.75 Å². The Labute approximate surface area is 144 Å². The van der Waals surface area contributed by atoms with Crippen LogP contribution >= 0.6 is 11.8 Å². The number of nitrogens with one attached hydrogen (secondary N) is 1. The number of rotatable bonds is 6. The minimum absolute atomic E-state index is 0.0425. The third-order valence-electron chi connectivity index (χ3n) is 3.34. The molecule has 1 fully saturated rings. The third kappa shape index (κ3) is 4.78. The second-order valence-corrected chi connectivity index (χ2v) is 6.34. The van der Waals surface area contributed by atoms with E-state index in [4.69, 9.17) is 5.84 Å². The number of benzene rings is 1. The minimum Gasteiger partial charge on any atom is -0.406 e. The summed E-state index contributed by atoms with van der Waals surface area (Å²) in [6.45, 7) is 0. The van der Waals surface area contributed by atoms with Crippen molar-refractivity contribution in [3.8, 4) is 5.75 Å². The summed E-state index contributed by atoms with van der Waals surface area (Å²) < 4.78 is 41.4. The molecule has 0 aliphatic heterocycles. The lowest BCUT2D eigenvalue weighted by Gasteiger charge is -2.10. The summed E-state index contributed by atoms with van der Waals surface area (Å²) in [7, 11) is 0. The van der Waals surface area contributed by atoms with Gasteiger partial charge in [0.1, 0.15) is 5.75 Å². The molecule has 1 saturated carbocycles. The lowest BCUT2D eigenvalue weighted by molar-refractivity contribution is -0.274. The van der Waals surface area contributed by atoms with Crippen molar-refractivity contribution >= 4 is 23.4 Å². The van der Waals surface area contributed by atoms with Crippen molar-refractivity contribution < 1.29 is 22.7 Å². The number of thioether (sulfide) groups is 1. The number of alkyl halides is 3. The van der Waals surface area contributed by atoms with E-state index in [1.54, 1.807) is 0 Å². The summed E-state index contributed by atoms with van der Waals surface area (Å²) in [6, 6.07) is 4.88. The second kappa shape index (κ2) is 6.82. The van der Waals surface area contributed by atoms with Gasteiger partial charge in [-0.25, -0.2) is 4.68 Å². The lowest BCUT2D eigenvalue weighted by Crippen LogP contribution is -2.18. The van der Waals surface area contributed by atoms with E-state index in [1.807, 2.05) is 0 Å². The first kappa shape index (κ1) is 17.4. The van der Waals surface area contributed by atoms with Crippen molar-refractivity contribution in [1.82, 2.24) is 14.9 Å². The van der Waals surface area contributed by atoms with Gasteiger partial charge in [-0.3, -0.25) is 4.79 Å². The Morgan fingerprint density at radius 1 is 1.32 bits per heavy atom. The third-order valence-corrected chi connectivity index (χ3v) is 4.28. The predicted octanol–water partition coefficient (Wildman–Crippen LogP) is 2.50. The smallest absolute Gasteiger partial charge is 0.406 e. The molecule has 1 heterocycles. The molecular weight excluding hydrogens is 359 g/mol. The Morgan fingerprint density at radius 3 is 2.60 bits per heavy atom. The van der Waals surface area contributed by atoms with Crippen molar-refractivity contribution in [3.63, 3.8) is 0 Å². The van der Waals surface area contributed by atoms with Crippen LogP contribution in [0.3, 0.4) is 0 Å². The fraction of sp³-hybridized carbons (Fsp3) is 0.357. The molecule has 1 aliphatic rings. The SMILES string of the molecule is Nn1c(SCC(=O)Nc2ccc(OC(F)(F)F)cc2)nnc1C1CC1. The van der Waals surface area contributed by atoms with Gasteiger partial charge in [0.2, 0.25) is 11.1 Å². The van der Waals surface area contributed by atoms with E-state index in [1.165, 1.54) is 16.8 Å². The molecule has 0 unspecified atom stereocenters. The molecule has 1 aromatic carbocycles. The number of nitrogens with two attached hydrogens (primary N) is 1. The molecule has 0 bridgehead atoms. The van der Waals surface area contributed by atoms with Crippen LogP contribution in [0.25, 0.3) is 0 Å². The maximum absolute atomic E-state index is 12.1. The first-order chi connectivity index (χ1) is 11.8. The van der Waals surface area contributed by atoms with Crippen LogP contribution < -0.4 is 15.9 Å². The van der Waals surface area contributed by atoms with Crippen molar-refractivity contribution in [1.29, 1.82) is 0 Å². The standard InChI is InChI=1S/C14H14F3N5O2S/c15-14(16,17)24-10-5-3-9(4-6-10)19-11(23)7-25-13-21-20-12(22(13)18)8-1-2-8/h3-6,8H,1-2,7,18H2,(H,19,23). The van der Waals surface area contributed by atoms with Crippen LogP contribution in [0.1, 0.15) is 24.6 Å². The molecule has 1 aromatic heterocycles. The molecular formula is C14H14F3N5O2S. The van der Waals surface area contributed by atoms with Gasteiger partial charge in [0.15, 0.2) is 5.82 Å².